The summed E-state index contributed by atoms with van der Waals surface area (Å²) in [5.41, 5.74) is 16.7. The molecular formula is C57H46N4OPt-2. The van der Waals surface area contributed by atoms with Crippen molar-refractivity contribution in [3.05, 3.63) is 207 Å². The molecule has 0 spiro atoms. The van der Waals surface area contributed by atoms with Crippen LogP contribution in [-0.2, 0) is 50.5 Å². The van der Waals surface area contributed by atoms with Crippen LogP contribution in [0, 0.1) is 22.9 Å². The predicted molar refractivity (Wildman–Crippen MR) is 252 cm³/mol. The first kappa shape index (κ1) is 39.3. The number of aromatic nitrogens is 4. The van der Waals surface area contributed by atoms with Gasteiger partial charge in [-0.2, -0.15) is 0 Å². The van der Waals surface area contributed by atoms with Crippen LogP contribution in [0.4, 0.5) is 0 Å². The summed E-state index contributed by atoms with van der Waals surface area (Å²) in [5, 5.41) is 2.21. The summed E-state index contributed by atoms with van der Waals surface area (Å²) in [6, 6.07) is 59.8. The maximum atomic E-state index is 6.68. The number of aryl methyl sites for hydroxylation is 5. The van der Waals surface area contributed by atoms with Crippen molar-refractivity contribution in [2.45, 2.75) is 58.8 Å². The minimum atomic E-state index is 0.0926. The molecule has 4 bridgehead atoms. The molecule has 5 nitrogen and oxygen atoms in total. The minimum absolute atomic E-state index is 0.0926. The number of pyridine rings is 2. The zero-order valence-corrected chi connectivity index (χ0v) is 38.1. The molecule has 0 radical (unpaired) electrons. The van der Waals surface area contributed by atoms with Crippen molar-refractivity contribution in [2.75, 3.05) is 0 Å². The first-order valence-corrected chi connectivity index (χ1v) is 22.9. The van der Waals surface area contributed by atoms with E-state index in [0.717, 1.165) is 85.1 Å². The number of benzene rings is 6. The third kappa shape index (κ3) is 7.29. The Morgan fingerprint density at radius 1 is 0.635 bits per heavy atom. The van der Waals surface area contributed by atoms with E-state index < -0.39 is 0 Å². The molecule has 312 valence electrons. The van der Waals surface area contributed by atoms with E-state index in [1.165, 1.54) is 39.0 Å². The number of nitrogens with zero attached hydrogens (tertiary/aromatic N) is 4. The molecule has 0 N–H and O–H groups in total. The molecule has 2 aliphatic heterocycles. The fourth-order valence-electron chi connectivity index (χ4n) is 9.17. The molecule has 6 aromatic carbocycles. The molecule has 4 aliphatic rings. The van der Waals surface area contributed by atoms with Crippen LogP contribution < -0.4 is 4.74 Å². The van der Waals surface area contributed by atoms with Crippen molar-refractivity contribution in [1.82, 2.24) is 18.5 Å². The van der Waals surface area contributed by atoms with Crippen molar-refractivity contribution in [3.63, 3.8) is 0 Å². The van der Waals surface area contributed by atoms with Crippen molar-refractivity contribution in [3.8, 4) is 45.3 Å². The number of imidazole rings is 1. The molecule has 14 rings (SSSR count). The molecule has 0 fully saturated rings. The molecule has 4 aromatic heterocycles. The summed E-state index contributed by atoms with van der Waals surface area (Å²) in [6.45, 7) is 8.92. The van der Waals surface area contributed by atoms with Gasteiger partial charge < -0.3 is 0 Å². The monoisotopic (exact) mass is 997 g/mol. The molecule has 10 aromatic rings. The third-order valence-corrected chi connectivity index (χ3v) is 13.7. The van der Waals surface area contributed by atoms with Gasteiger partial charge in [0.15, 0.2) is 0 Å². The maximum absolute atomic E-state index is 6.68. The average molecular weight is 998 g/mol. The Labute approximate surface area is 379 Å². The quantitative estimate of drug-likeness (QED) is 0.156. The van der Waals surface area contributed by atoms with Crippen LogP contribution in [0.3, 0.4) is 0 Å². The molecule has 0 amide bonds. The second-order valence-corrected chi connectivity index (χ2v) is 18.8. The van der Waals surface area contributed by atoms with Crippen LogP contribution in [-0.4, -0.2) is 18.5 Å². The summed E-state index contributed by atoms with van der Waals surface area (Å²) in [4.78, 5) is 5.14. The standard InChI is InChI=1S/C57H46N4O.Pt/c1-38-31-56(58-35-52(38)42-20-24-45(25-21-42)57(2,3)4)61-53-30-23-44(41-9-6-5-7-10-41)32-51(53)50-29-28-49(34-54(50)61)62-48-12-8-11-47(33-48)59-36-55-43-19-17-39-13-15-40(16-14-39)18-26-46(27-22-43)60(55)37-59;/h5-16,20-25,27-32,35-36H,17-19,26H2,1-4H3;/q-2;. The van der Waals surface area contributed by atoms with Crippen molar-refractivity contribution in [1.29, 1.82) is 0 Å². The normalized spacial score (nSPS) is 12.9. The first-order chi connectivity index (χ1) is 30.6. The number of fused-ring (bicyclic) bond motifs is 3. The zero-order valence-electron chi connectivity index (χ0n) is 35.9. The Morgan fingerprint density at radius 3 is 2.14 bits per heavy atom. The van der Waals surface area contributed by atoms with Gasteiger partial charge in [0.1, 0.15) is 0 Å². The van der Waals surface area contributed by atoms with Crippen LogP contribution in [0.2, 0.25) is 0 Å². The number of rotatable bonds is 6. The Bertz CT molecular complexity index is 3420. The van der Waals surface area contributed by atoms with E-state index in [1.54, 1.807) is 0 Å². The van der Waals surface area contributed by atoms with Crippen molar-refractivity contribution in [2.24, 2.45) is 0 Å². The Balaban J connectivity index is 0.979. The summed E-state index contributed by atoms with van der Waals surface area (Å²) in [7, 11) is 0. The van der Waals surface area contributed by atoms with E-state index in [2.05, 4.69) is 206 Å². The molecule has 2 aliphatic carbocycles. The molecule has 63 heavy (non-hydrogen) atoms. The second-order valence-electron chi connectivity index (χ2n) is 17.8. The fourth-order valence-corrected chi connectivity index (χ4v) is 10.2. The van der Waals surface area contributed by atoms with Gasteiger partial charge in [-0.25, -0.2) is 0 Å². The fraction of sp³-hybridized carbons (Fsp3) is 0.158. The molecule has 0 saturated carbocycles. The summed E-state index contributed by atoms with van der Waals surface area (Å²) in [5.74, 6) is 2.07. The first-order valence-electron chi connectivity index (χ1n) is 21.8. The van der Waals surface area contributed by atoms with Crippen LogP contribution in [0.15, 0.2) is 158 Å². The van der Waals surface area contributed by atoms with Crippen LogP contribution in [0.5, 0.6) is 11.5 Å². The van der Waals surface area contributed by atoms with E-state index >= 15 is 0 Å². The smallest absolute Gasteiger partial charge is 0.0579 e. The van der Waals surface area contributed by atoms with Crippen LogP contribution in [0.25, 0.3) is 61.1 Å². The SMILES string of the molecule is Cc1cc(-n2c3[c-]c(Oc4[c-]c(-n5cc6c7ccc(n6[c]5=[Pt])CCc5ccc(cc5)CC7)ccc4)ccc3c3cc(-c4ccccc4)ccc32)ncc1-c1ccc(C(C)(C)C)cc1. The van der Waals surface area contributed by atoms with E-state index in [0.29, 0.717) is 11.5 Å². The number of ether oxygens (including phenoxy) is 1. The van der Waals surface area contributed by atoms with Gasteiger partial charge in [-0.15, -0.1) is 0 Å². The van der Waals surface area contributed by atoms with E-state index in [1.807, 2.05) is 24.4 Å². The molecule has 0 saturated heterocycles. The molecule has 6 heteroatoms. The summed E-state index contributed by atoms with van der Waals surface area (Å²) >= 11 is 2.47. The van der Waals surface area contributed by atoms with Crippen molar-refractivity contribution < 1.29 is 24.1 Å². The topological polar surface area (TPSA) is 36.4 Å². The van der Waals surface area contributed by atoms with Crippen molar-refractivity contribution >= 4 is 27.3 Å². The Morgan fingerprint density at radius 2 is 1.38 bits per heavy atom. The van der Waals surface area contributed by atoms with Crippen LogP contribution in [0.1, 0.15) is 54.3 Å². The van der Waals surface area contributed by atoms with Gasteiger partial charge in [0.25, 0.3) is 0 Å². The van der Waals surface area contributed by atoms with Gasteiger partial charge >= 0.3 is 248 Å². The Hall–Kier alpha value is -6.55. The molecular weight excluding hydrogens is 952 g/mol. The molecule has 0 unspecified atom stereocenters. The second kappa shape index (κ2) is 15.7. The number of hydrogen-bond donors (Lipinski definition) is 0. The van der Waals surface area contributed by atoms with Gasteiger partial charge in [-0.05, 0) is 40.2 Å². The Kier molecular flexibility index (Phi) is 9.77. The van der Waals surface area contributed by atoms with Gasteiger partial charge in [-0.1, -0.05) is 81.4 Å². The van der Waals surface area contributed by atoms with Gasteiger partial charge in [0.05, 0.1) is 0 Å². The van der Waals surface area contributed by atoms with Gasteiger partial charge in [0.2, 0.25) is 0 Å². The third-order valence-electron chi connectivity index (χ3n) is 12.7. The molecule has 0 atom stereocenters. The van der Waals surface area contributed by atoms with E-state index in [-0.39, 0.29) is 5.41 Å². The minimum Gasteiger partial charge on any atom is -0.0579 e. The average Bonchev–Trinajstić information content (AvgIpc) is 3.81. The van der Waals surface area contributed by atoms with Crippen LogP contribution >= 0.6 is 0 Å². The van der Waals surface area contributed by atoms with Gasteiger partial charge in [0, 0.05) is 11.8 Å². The van der Waals surface area contributed by atoms with E-state index in [4.69, 9.17) is 9.72 Å². The summed E-state index contributed by atoms with van der Waals surface area (Å²) < 4.78 is 14.7. The number of hydrogen-bond acceptors (Lipinski definition) is 2. The van der Waals surface area contributed by atoms with E-state index in [9.17, 15) is 0 Å². The van der Waals surface area contributed by atoms with Gasteiger partial charge in [-0.3, -0.25) is 0 Å². The predicted octanol–water partition coefficient (Wildman–Crippen LogP) is 13.5. The molecule has 6 heterocycles. The zero-order chi connectivity index (χ0) is 42.8. The summed E-state index contributed by atoms with van der Waals surface area (Å²) in [6.07, 6.45) is 8.22.